The van der Waals surface area contributed by atoms with Crippen LogP contribution in [0.3, 0.4) is 0 Å². The van der Waals surface area contributed by atoms with Crippen LogP contribution in [0.5, 0.6) is 0 Å². The lowest BCUT2D eigenvalue weighted by Gasteiger charge is -2.23. The molecule has 0 radical (unpaired) electrons. The van der Waals surface area contributed by atoms with Crippen molar-refractivity contribution in [3.8, 4) is 6.07 Å². The molecule has 0 unspecified atom stereocenters. The van der Waals surface area contributed by atoms with Gasteiger partial charge in [0.2, 0.25) is 0 Å². The Kier molecular flexibility index (Phi) is 5.18. The second-order valence-corrected chi connectivity index (χ2v) is 3.66. The van der Waals surface area contributed by atoms with Gasteiger partial charge in [-0.05, 0) is 19.1 Å². The minimum atomic E-state index is 0.577. The number of nitrogens with zero attached hydrogens (tertiary/aromatic N) is 3. The standard InChI is InChI=1S/C13H17N3O/c1-4-7-16(8-9-17-3)13-12(10-14)6-5-11(2)15-13/h4-6H,1,7-9H2,2-3H3. The quantitative estimate of drug-likeness (QED) is 0.702. The molecule has 1 rings (SSSR count). The average Bonchev–Trinajstić information content (AvgIpc) is 2.34. The third kappa shape index (κ3) is 3.58. The van der Waals surface area contributed by atoms with E-state index >= 15 is 0 Å². The second kappa shape index (κ2) is 6.66. The van der Waals surface area contributed by atoms with E-state index in [1.807, 2.05) is 17.9 Å². The smallest absolute Gasteiger partial charge is 0.147 e. The zero-order valence-corrected chi connectivity index (χ0v) is 10.3. The lowest BCUT2D eigenvalue weighted by Crippen LogP contribution is -2.29. The number of hydrogen-bond donors (Lipinski definition) is 0. The number of aryl methyl sites for hydroxylation is 1. The molecule has 17 heavy (non-hydrogen) atoms. The molecular formula is C13H17N3O. The van der Waals surface area contributed by atoms with Crippen LogP contribution in [0.2, 0.25) is 0 Å². The Bertz CT molecular complexity index is 423. The summed E-state index contributed by atoms with van der Waals surface area (Å²) in [5, 5.41) is 9.08. The first kappa shape index (κ1) is 13.2. The summed E-state index contributed by atoms with van der Waals surface area (Å²) in [5.74, 6) is 0.699. The Morgan fingerprint density at radius 1 is 1.59 bits per heavy atom. The van der Waals surface area contributed by atoms with Crippen molar-refractivity contribution >= 4 is 5.82 Å². The third-order valence-electron chi connectivity index (χ3n) is 2.35. The van der Waals surface area contributed by atoms with Crippen molar-refractivity contribution in [1.82, 2.24) is 4.98 Å². The zero-order chi connectivity index (χ0) is 12.7. The second-order valence-electron chi connectivity index (χ2n) is 3.66. The molecule has 0 amide bonds. The van der Waals surface area contributed by atoms with Crippen molar-refractivity contribution < 1.29 is 4.74 Å². The van der Waals surface area contributed by atoms with Crippen LogP contribution >= 0.6 is 0 Å². The van der Waals surface area contributed by atoms with Gasteiger partial charge in [-0.1, -0.05) is 6.08 Å². The lowest BCUT2D eigenvalue weighted by molar-refractivity contribution is 0.205. The van der Waals surface area contributed by atoms with E-state index in [1.54, 1.807) is 19.3 Å². The third-order valence-corrected chi connectivity index (χ3v) is 2.35. The molecule has 0 fully saturated rings. The minimum absolute atomic E-state index is 0.577. The highest BCUT2D eigenvalue weighted by Gasteiger charge is 2.11. The molecule has 90 valence electrons. The highest BCUT2D eigenvalue weighted by atomic mass is 16.5. The summed E-state index contributed by atoms with van der Waals surface area (Å²) in [4.78, 5) is 6.40. The van der Waals surface area contributed by atoms with E-state index < -0.39 is 0 Å². The van der Waals surface area contributed by atoms with Crippen molar-refractivity contribution in [2.24, 2.45) is 0 Å². The molecule has 0 saturated heterocycles. The van der Waals surface area contributed by atoms with Crippen LogP contribution in [0.1, 0.15) is 11.3 Å². The molecule has 4 nitrogen and oxygen atoms in total. The van der Waals surface area contributed by atoms with E-state index in [9.17, 15) is 0 Å². The monoisotopic (exact) mass is 231 g/mol. The molecule has 0 aromatic carbocycles. The molecule has 0 saturated carbocycles. The van der Waals surface area contributed by atoms with Crippen molar-refractivity contribution in [3.63, 3.8) is 0 Å². The van der Waals surface area contributed by atoms with E-state index in [-0.39, 0.29) is 0 Å². The van der Waals surface area contributed by atoms with Crippen LogP contribution in [-0.4, -0.2) is 31.8 Å². The Morgan fingerprint density at radius 2 is 2.35 bits per heavy atom. The van der Waals surface area contributed by atoms with Crippen LogP contribution in [0, 0.1) is 18.3 Å². The van der Waals surface area contributed by atoms with E-state index in [0.29, 0.717) is 31.1 Å². The number of hydrogen-bond acceptors (Lipinski definition) is 4. The van der Waals surface area contributed by atoms with Gasteiger partial charge in [-0.2, -0.15) is 5.26 Å². The van der Waals surface area contributed by atoms with Crippen molar-refractivity contribution in [2.75, 3.05) is 31.7 Å². The first-order chi connectivity index (χ1) is 8.22. The topological polar surface area (TPSA) is 49.1 Å². The molecule has 0 aliphatic rings. The summed E-state index contributed by atoms with van der Waals surface area (Å²) in [6.07, 6.45) is 1.79. The van der Waals surface area contributed by atoms with Crippen molar-refractivity contribution in [2.45, 2.75) is 6.92 Å². The number of anilines is 1. The Hall–Kier alpha value is -1.86. The highest BCUT2D eigenvalue weighted by molar-refractivity contribution is 5.54. The lowest BCUT2D eigenvalue weighted by atomic mass is 10.2. The maximum absolute atomic E-state index is 9.08. The number of nitriles is 1. The molecule has 0 aliphatic carbocycles. The molecule has 0 bridgehead atoms. The SMILES string of the molecule is C=CCN(CCOC)c1nc(C)ccc1C#N. The van der Waals surface area contributed by atoms with Gasteiger partial charge in [-0.25, -0.2) is 4.98 Å². The Balaban J connectivity index is 3.03. The molecule has 0 N–H and O–H groups in total. The van der Waals surface area contributed by atoms with Crippen molar-refractivity contribution in [1.29, 1.82) is 5.26 Å². The van der Waals surface area contributed by atoms with Gasteiger partial charge in [-0.3, -0.25) is 0 Å². The molecule has 1 aromatic heterocycles. The van der Waals surface area contributed by atoms with E-state index in [0.717, 1.165) is 5.69 Å². The average molecular weight is 231 g/mol. The number of ether oxygens (including phenoxy) is 1. The van der Waals surface area contributed by atoms with Gasteiger partial charge < -0.3 is 9.64 Å². The van der Waals surface area contributed by atoms with Gasteiger partial charge in [0.25, 0.3) is 0 Å². The molecule has 0 spiro atoms. The fourth-order valence-electron chi connectivity index (χ4n) is 1.51. The number of aromatic nitrogens is 1. The van der Waals surface area contributed by atoms with Crippen LogP contribution in [-0.2, 0) is 4.74 Å². The molecule has 4 heteroatoms. The van der Waals surface area contributed by atoms with Gasteiger partial charge >= 0.3 is 0 Å². The molecule has 1 heterocycles. The maximum Gasteiger partial charge on any atom is 0.147 e. The fourth-order valence-corrected chi connectivity index (χ4v) is 1.51. The molecule has 1 aromatic rings. The number of rotatable bonds is 6. The van der Waals surface area contributed by atoms with Crippen LogP contribution in [0.25, 0.3) is 0 Å². The summed E-state index contributed by atoms with van der Waals surface area (Å²) < 4.78 is 5.06. The summed E-state index contributed by atoms with van der Waals surface area (Å²) in [6, 6.07) is 5.79. The molecule has 0 aliphatic heterocycles. The van der Waals surface area contributed by atoms with Gasteiger partial charge in [0.05, 0.1) is 12.2 Å². The fraction of sp³-hybridized carbons (Fsp3) is 0.385. The van der Waals surface area contributed by atoms with Gasteiger partial charge in [-0.15, -0.1) is 6.58 Å². The largest absolute Gasteiger partial charge is 0.383 e. The zero-order valence-electron chi connectivity index (χ0n) is 10.3. The van der Waals surface area contributed by atoms with E-state index in [2.05, 4.69) is 17.6 Å². The predicted octanol–water partition coefficient (Wildman–Crippen LogP) is 1.90. The first-order valence-corrected chi connectivity index (χ1v) is 5.45. The van der Waals surface area contributed by atoms with Gasteiger partial charge in [0, 0.05) is 25.9 Å². The maximum atomic E-state index is 9.08. The van der Waals surface area contributed by atoms with Crippen LogP contribution < -0.4 is 4.90 Å². The van der Waals surface area contributed by atoms with E-state index in [4.69, 9.17) is 10.00 Å². The minimum Gasteiger partial charge on any atom is -0.383 e. The normalized spacial score (nSPS) is 9.71. The summed E-state index contributed by atoms with van der Waals surface area (Å²) in [7, 11) is 1.65. The Morgan fingerprint density at radius 3 is 2.94 bits per heavy atom. The van der Waals surface area contributed by atoms with Crippen molar-refractivity contribution in [3.05, 3.63) is 36.0 Å². The van der Waals surface area contributed by atoms with E-state index in [1.165, 1.54) is 0 Å². The van der Waals surface area contributed by atoms with Crippen LogP contribution in [0.4, 0.5) is 5.82 Å². The Labute approximate surface area is 102 Å². The first-order valence-electron chi connectivity index (χ1n) is 5.45. The summed E-state index contributed by atoms with van der Waals surface area (Å²) >= 11 is 0. The van der Waals surface area contributed by atoms with Gasteiger partial charge in [0.1, 0.15) is 11.9 Å². The van der Waals surface area contributed by atoms with Crippen LogP contribution in [0.15, 0.2) is 24.8 Å². The highest BCUT2D eigenvalue weighted by Crippen LogP contribution is 2.17. The molecule has 0 atom stereocenters. The predicted molar refractivity (Wildman–Crippen MR) is 68.0 cm³/mol. The summed E-state index contributed by atoms with van der Waals surface area (Å²) in [5.41, 5.74) is 1.47. The number of pyridine rings is 1. The van der Waals surface area contributed by atoms with Gasteiger partial charge in [0.15, 0.2) is 0 Å². The summed E-state index contributed by atoms with van der Waals surface area (Å²) in [6.45, 7) is 7.56. The molecular weight excluding hydrogens is 214 g/mol. The number of methoxy groups -OCH3 is 1.